The first-order valence-corrected chi connectivity index (χ1v) is 6.55. The average molecular weight is 360 g/mol. The van der Waals surface area contributed by atoms with Gasteiger partial charge in [-0.1, -0.05) is 12.1 Å². The minimum atomic E-state index is -0.283. The van der Waals surface area contributed by atoms with Crippen molar-refractivity contribution < 1.29 is 4.39 Å². The second kappa shape index (κ2) is 5.60. The summed E-state index contributed by atoms with van der Waals surface area (Å²) < 4.78 is 15.0. The van der Waals surface area contributed by atoms with Crippen molar-refractivity contribution in [3.8, 4) is 0 Å². The molecule has 1 aromatic heterocycles. The number of nitrogens with zero attached hydrogens (tertiary/aromatic N) is 1. The van der Waals surface area contributed by atoms with Crippen molar-refractivity contribution in [2.45, 2.75) is 6.54 Å². The van der Waals surface area contributed by atoms with E-state index >= 15 is 0 Å². The molecule has 0 spiro atoms. The Bertz CT molecular complexity index is 511. The number of anilines is 1. The van der Waals surface area contributed by atoms with E-state index in [2.05, 4.69) is 42.2 Å². The fourth-order valence-corrected chi connectivity index (χ4v) is 2.26. The smallest absolute Gasteiger partial charge is 0.147 e. The first-order valence-electron chi connectivity index (χ1n) is 4.96. The van der Waals surface area contributed by atoms with E-state index in [1.807, 2.05) is 18.2 Å². The van der Waals surface area contributed by atoms with E-state index < -0.39 is 0 Å². The topological polar surface area (TPSA) is 24.9 Å². The second-order valence-corrected chi connectivity index (χ2v) is 5.07. The van der Waals surface area contributed by atoms with Crippen LogP contribution in [0.3, 0.4) is 0 Å². The number of aromatic nitrogens is 1. The number of hydrogen-bond acceptors (Lipinski definition) is 2. The molecule has 0 unspecified atom stereocenters. The molecular weight excluding hydrogens is 351 g/mol. The highest BCUT2D eigenvalue weighted by atomic mass is 79.9. The van der Waals surface area contributed by atoms with Gasteiger partial charge in [0.1, 0.15) is 10.4 Å². The molecule has 0 aliphatic carbocycles. The van der Waals surface area contributed by atoms with Crippen LogP contribution in [0, 0.1) is 5.82 Å². The van der Waals surface area contributed by atoms with E-state index in [4.69, 9.17) is 0 Å². The minimum Gasteiger partial charge on any atom is -0.376 e. The molecule has 2 aromatic rings. The molecule has 0 aliphatic heterocycles. The van der Waals surface area contributed by atoms with Gasteiger partial charge < -0.3 is 5.32 Å². The third-order valence-corrected chi connectivity index (χ3v) is 3.28. The largest absolute Gasteiger partial charge is 0.376 e. The number of halogens is 3. The standard InChI is InChI=1S/C12H9Br2FN2/c13-9-4-2-5-10(15)12(9)16-7-8-3-1-6-11(14)17-8/h1-6,16H,7H2. The third kappa shape index (κ3) is 3.26. The predicted octanol–water partition coefficient (Wildman–Crippen LogP) is 4.36. The van der Waals surface area contributed by atoms with Gasteiger partial charge in [-0.15, -0.1) is 0 Å². The molecule has 2 nitrogen and oxygen atoms in total. The lowest BCUT2D eigenvalue weighted by Crippen LogP contribution is -2.03. The summed E-state index contributed by atoms with van der Waals surface area (Å²) >= 11 is 6.60. The van der Waals surface area contributed by atoms with Gasteiger partial charge in [0.25, 0.3) is 0 Å². The van der Waals surface area contributed by atoms with E-state index in [1.165, 1.54) is 6.07 Å². The van der Waals surface area contributed by atoms with Crippen LogP contribution < -0.4 is 5.32 Å². The first-order chi connectivity index (χ1) is 8.16. The van der Waals surface area contributed by atoms with Crippen molar-refractivity contribution >= 4 is 37.5 Å². The van der Waals surface area contributed by atoms with Gasteiger partial charge in [0.15, 0.2) is 0 Å². The lowest BCUT2D eigenvalue weighted by molar-refractivity contribution is 0.629. The number of pyridine rings is 1. The Hall–Kier alpha value is -0.940. The number of para-hydroxylation sites is 1. The molecule has 0 atom stereocenters. The summed E-state index contributed by atoms with van der Waals surface area (Å²) in [4.78, 5) is 4.26. The van der Waals surface area contributed by atoms with E-state index in [9.17, 15) is 4.39 Å². The Balaban J connectivity index is 2.13. The van der Waals surface area contributed by atoms with Gasteiger partial charge in [-0.05, 0) is 56.1 Å². The fourth-order valence-electron chi connectivity index (χ4n) is 1.39. The minimum absolute atomic E-state index is 0.283. The highest BCUT2D eigenvalue weighted by Gasteiger charge is 2.05. The molecular formula is C12H9Br2FN2. The SMILES string of the molecule is Fc1cccc(Br)c1NCc1cccc(Br)n1. The van der Waals surface area contributed by atoms with Crippen molar-refractivity contribution in [1.82, 2.24) is 4.98 Å². The normalized spacial score (nSPS) is 10.3. The lowest BCUT2D eigenvalue weighted by atomic mass is 10.3. The first kappa shape index (κ1) is 12.5. The molecule has 0 aliphatic rings. The zero-order chi connectivity index (χ0) is 12.3. The summed E-state index contributed by atoms with van der Waals surface area (Å²) in [7, 11) is 0. The van der Waals surface area contributed by atoms with Crippen LogP contribution in [-0.2, 0) is 6.54 Å². The molecule has 0 radical (unpaired) electrons. The summed E-state index contributed by atoms with van der Waals surface area (Å²) in [6.07, 6.45) is 0. The molecule has 5 heteroatoms. The lowest BCUT2D eigenvalue weighted by Gasteiger charge is -2.09. The van der Waals surface area contributed by atoms with Gasteiger partial charge in [0.05, 0.1) is 17.9 Å². The van der Waals surface area contributed by atoms with Crippen LogP contribution in [0.1, 0.15) is 5.69 Å². The molecule has 17 heavy (non-hydrogen) atoms. The van der Waals surface area contributed by atoms with Crippen LogP contribution >= 0.6 is 31.9 Å². The Morgan fingerprint density at radius 3 is 2.59 bits per heavy atom. The van der Waals surface area contributed by atoms with Crippen LogP contribution in [0.5, 0.6) is 0 Å². The Labute approximate surface area is 116 Å². The van der Waals surface area contributed by atoms with Crippen LogP contribution in [0.2, 0.25) is 0 Å². The van der Waals surface area contributed by atoms with Crippen LogP contribution in [0.25, 0.3) is 0 Å². The Morgan fingerprint density at radius 1 is 1.12 bits per heavy atom. The second-order valence-electron chi connectivity index (χ2n) is 3.40. The van der Waals surface area contributed by atoms with E-state index in [-0.39, 0.29) is 5.82 Å². The van der Waals surface area contributed by atoms with Gasteiger partial charge in [0, 0.05) is 4.47 Å². The molecule has 0 bridgehead atoms. The summed E-state index contributed by atoms with van der Waals surface area (Å²) in [5, 5.41) is 3.02. The molecule has 1 aromatic carbocycles. The zero-order valence-electron chi connectivity index (χ0n) is 8.75. The molecule has 0 fully saturated rings. The van der Waals surface area contributed by atoms with Crippen molar-refractivity contribution in [2.75, 3.05) is 5.32 Å². The molecule has 0 saturated carbocycles. The number of benzene rings is 1. The number of rotatable bonds is 3. The van der Waals surface area contributed by atoms with Gasteiger partial charge in [0.2, 0.25) is 0 Å². The maximum absolute atomic E-state index is 13.5. The van der Waals surface area contributed by atoms with Gasteiger partial charge in [-0.2, -0.15) is 0 Å². The maximum Gasteiger partial charge on any atom is 0.147 e. The highest BCUT2D eigenvalue weighted by Crippen LogP contribution is 2.25. The average Bonchev–Trinajstić information content (AvgIpc) is 2.28. The number of nitrogens with one attached hydrogen (secondary N) is 1. The van der Waals surface area contributed by atoms with Crippen molar-refractivity contribution in [3.05, 3.63) is 57.0 Å². The third-order valence-electron chi connectivity index (χ3n) is 2.18. The van der Waals surface area contributed by atoms with Crippen molar-refractivity contribution in [1.29, 1.82) is 0 Å². The molecule has 1 N–H and O–H groups in total. The Morgan fingerprint density at radius 2 is 1.88 bits per heavy atom. The Kier molecular flexibility index (Phi) is 4.12. The predicted molar refractivity (Wildman–Crippen MR) is 73.4 cm³/mol. The van der Waals surface area contributed by atoms with Gasteiger partial charge in [-0.3, -0.25) is 0 Å². The van der Waals surface area contributed by atoms with Gasteiger partial charge in [-0.25, -0.2) is 9.37 Å². The fraction of sp³-hybridized carbons (Fsp3) is 0.0833. The quantitative estimate of drug-likeness (QED) is 0.823. The monoisotopic (exact) mass is 358 g/mol. The maximum atomic E-state index is 13.5. The molecule has 2 rings (SSSR count). The van der Waals surface area contributed by atoms with E-state index in [0.717, 1.165) is 10.3 Å². The van der Waals surface area contributed by atoms with Crippen LogP contribution in [-0.4, -0.2) is 4.98 Å². The zero-order valence-corrected chi connectivity index (χ0v) is 11.9. The summed E-state index contributed by atoms with van der Waals surface area (Å²) in [6, 6.07) is 10.5. The van der Waals surface area contributed by atoms with Crippen LogP contribution in [0.4, 0.5) is 10.1 Å². The van der Waals surface area contributed by atoms with Gasteiger partial charge >= 0.3 is 0 Å². The molecule has 0 amide bonds. The molecule has 88 valence electrons. The number of hydrogen-bond donors (Lipinski definition) is 1. The van der Waals surface area contributed by atoms with E-state index in [1.54, 1.807) is 12.1 Å². The summed E-state index contributed by atoms with van der Waals surface area (Å²) in [5.74, 6) is -0.283. The molecule has 1 heterocycles. The van der Waals surface area contributed by atoms with E-state index in [0.29, 0.717) is 16.7 Å². The van der Waals surface area contributed by atoms with Crippen LogP contribution in [0.15, 0.2) is 45.5 Å². The summed E-state index contributed by atoms with van der Waals surface area (Å²) in [6.45, 7) is 0.471. The van der Waals surface area contributed by atoms with Crippen molar-refractivity contribution in [2.24, 2.45) is 0 Å². The highest BCUT2D eigenvalue weighted by molar-refractivity contribution is 9.10. The molecule has 0 saturated heterocycles. The summed E-state index contributed by atoms with van der Waals surface area (Å²) in [5.41, 5.74) is 1.30. The van der Waals surface area contributed by atoms with Crippen molar-refractivity contribution in [3.63, 3.8) is 0 Å².